The molecule has 0 saturated heterocycles. The Balaban J connectivity index is 2.34. The van der Waals surface area contributed by atoms with Crippen molar-refractivity contribution in [3.63, 3.8) is 0 Å². The molecule has 0 unspecified atom stereocenters. The SMILES string of the molecule is CCCNc1ncc(F)c(NCCCCCCO)n1. The van der Waals surface area contributed by atoms with Crippen LogP contribution < -0.4 is 10.6 Å². The summed E-state index contributed by atoms with van der Waals surface area (Å²) in [6.45, 7) is 3.72. The van der Waals surface area contributed by atoms with Crippen molar-refractivity contribution in [3.8, 4) is 0 Å². The molecule has 0 atom stereocenters. The minimum atomic E-state index is -0.433. The van der Waals surface area contributed by atoms with E-state index >= 15 is 0 Å². The van der Waals surface area contributed by atoms with E-state index in [4.69, 9.17) is 5.11 Å². The maximum Gasteiger partial charge on any atom is 0.224 e. The monoisotopic (exact) mass is 270 g/mol. The van der Waals surface area contributed by atoms with Gasteiger partial charge >= 0.3 is 0 Å². The van der Waals surface area contributed by atoms with E-state index in [1.165, 1.54) is 6.20 Å². The van der Waals surface area contributed by atoms with Gasteiger partial charge in [0.1, 0.15) is 0 Å². The quantitative estimate of drug-likeness (QED) is 0.570. The molecule has 1 aromatic heterocycles. The highest BCUT2D eigenvalue weighted by Crippen LogP contribution is 2.12. The van der Waals surface area contributed by atoms with Gasteiger partial charge in [0.25, 0.3) is 0 Å². The second-order valence-electron chi connectivity index (χ2n) is 4.38. The highest BCUT2D eigenvalue weighted by molar-refractivity contribution is 5.40. The minimum Gasteiger partial charge on any atom is -0.396 e. The lowest BCUT2D eigenvalue weighted by Crippen LogP contribution is -2.10. The average molecular weight is 270 g/mol. The molecule has 0 aliphatic carbocycles. The van der Waals surface area contributed by atoms with Gasteiger partial charge in [0.2, 0.25) is 5.95 Å². The van der Waals surface area contributed by atoms with Gasteiger partial charge in [-0.05, 0) is 19.3 Å². The van der Waals surface area contributed by atoms with Crippen LogP contribution >= 0.6 is 0 Å². The number of nitrogens with zero attached hydrogens (tertiary/aromatic N) is 2. The summed E-state index contributed by atoms with van der Waals surface area (Å²) in [5.74, 6) is 0.263. The first-order valence-electron chi connectivity index (χ1n) is 6.89. The Kier molecular flexibility index (Phi) is 7.81. The largest absolute Gasteiger partial charge is 0.396 e. The van der Waals surface area contributed by atoms with Crippen LogP contribution in [-0.4, -0.2) is 34.8 Å². The minimum absolute atomic E-state index is 0.237. The fourth-order valence-corrected chi connectivity index (χ4v) is 1.61. The summed E-state index contributed by atoms with van der Waals surface area (Å²) in [5, 5.41) is 14.7. The van der Waals surface area contributed by atoms with Crippen molar-refractivity contribution in [2.75, 3.05) is 30.3 Å². The topological polar surface area (TPSA) is 70.1 Å². The lowest BCUT2D eigenvalue weighted by Gasteiger charge is -2.08. The van der Waals surface area contributed by atoms with Crippen LogP contribution in [0.1, 0.15) is 39.0 Å². The van der Waals surface area contributed by atoms with Gasteiger partial charge in [-0.25, -0.2) is 9.37 Å². The second-order valence-corrected chi connectivity index (χ2v) is 4.38. The van der Waals surface area contributed by atoms with Crippen molar-refractivity contribution in [3.05, 3.63) is 12.0 Å². The fraction of sp³-hybridized carbons (Fsp3) is 0.692. The molecule has 108 valence electrons. The summed E-state index contributed by atoms with van der Waals surface area (Å²) < 4.78 is 13.5. The number of anilines is 2. The third kappa shape index (κ3) is 6.33. The molecule has 19 heavy (non-hydrogen) atoms. The Morgan fingerprint density at radius 2 is 1.95 bits per heavy atom. The lowest BCUT2D eigenvalue weighted by molar-refractivity contribution is 0.283. The molecule has 0 aliphatic rings. The van der Waals surface area contributed by atoms with Crippen molar-refractivity contribution < 1.29 is 9.50 Å². The molecule has 0 amide bonds. The summed E-state index contributed by atoms with van der Waals surface area (Å²) in [4.78, 5) is 7.98. The van der Waals surface area contributed by atoms with Crippen LogP contribution in [0.15, 0.2) is 6.20 Å². The molecule has 3 N–H and O–H groups in total. The summed E-state index contributed by atoms with van der Waals surface area (Å²) in [7, 11) is 0. The summed E-state index contributed by atoms with van der Waals surface area (Å²) >= 11 is 0. The van der Waals surface area contributed by atoms with E-state index in [0.717, 1.165) is 38.6 Å². The molecular weight excluding hydrogens is 247 g/mol. The van der Waals surface area contributed by atoms with E-state index in [0.29, 0.717) is 12.5 Å². The third-order valence-corrected chi connectivity index (χ3v) is 2.65. The van der Waals surface area contributed by atoms with Gasteiger partial charge in [-0.3, -0.25) is 0 Å². The third-order valence-electron chi connectivity index (χ3n) is 2.65. The predicted molar refractivity (Wildman–Crippen MR) is 74.8 cm³/mol. The maximum atomic E-state index is 13.5. The number of halogens is 1. The van der Waals surface area contributed by atoms with E-state index < -0.39 is 5.82 Å². The van der Waals surface area contributed by atoms with E-state index in [2.05, 4.69) is 20.6 Å². The normalized spacial score (nSPS) is 10.5. The van der Waals surface area contributed by atoms with Crippen LogP contribution in [0.4, 0.5) is 16.2 Å². The predicted octanol–water partition coefficient (Wildman–Crippen LogP) is 2.40. The zero-order chi connectivity index (χ0) is 13.9. The van der Waals surface area contributed by atoms with E-state index in [1.54, 1.807) is 0 Å². The molecule has 0 aromatic carbocycles. The van der Waals surface area contributed by atoms with Crippen molar-refractivity contribution in [2.45, 2.75) is 39.0 Å². The van der Waals surface area contributed by atoms with Gasteiger partial charge in [-0.2, -0.15) is 4.98 Å². The Bertz CT molecular complexity index is 362. The summed E-state index contributed by atoms with van der Waals surface area (Å²) in [5.41, 5.74) is 0. The van der Waals surface area contributed by atoms with Gasteiger partial charge in [-0.1, -0.05) is 19.8 Å². The van der Waals surface area contributed by atoms with Crippen molar-refractivity contribution >= 4 is 11.8 Å². The zero-order valence-corrected chi connectivity index (χ0v) is 11.5. The summed E-state index contributed by atoms with van der Waals surface area (Å²) in [6.07, 6.45) is 5.91. The summed E-state index contributed by atoms with van der Waals surface area (Å²) in [6, 6.07) is 0. The van der Waals surface area contributed by atoms with Crippen molar-refractivity contribution in [1.82, 2.24) is 9.97 Å². The van der Waals surface area contributed by atoms with Gasteiger partial charge in [-0.15, -0.1) is 0 Å². The average Bonchev–Trinajstić information content (AvgIpc) is 2.43. The smallest absolute Gasteiger partial charge is 0.224 e. The van der Waals surface area contributed by atoms with Crippen LogP contribution in [0, 0.1) is 5.82 Å². The van der Waals surface area contributed by atoms with Crippen LogP contribution in [0.2, 0.25) is 0 Å². The van der Waals surface area contributed by atoms with E-state index in [-0.39, 0.29) is 12.4 Å². The molecule has 0 spiro atoms. The van der Waals surface area contributed by atoms with Crippen LogP contribution in [-0.2, 0) is 0 Å². The molecule has 0 bridgehead atoms. The standard InChI is InChI=1S/C13H23FN4O/c1-2-7-16-13-17-10-11(14)12(18-13)15-8-5-3-4-6-9-19/h10,19H,2-9H2,1H3,(H2,15,16,17,18). The van der Waals surface area contributed by atoms with E-state index in [9.17, 15) is 4.39 Å². The number of hydrogen-bond acceptors (Lipinski definition) is 5. The zero-order valence-electron chi connectivity index (χ0n) is 11.5. The number of unbranched alkanes of at least 4 members (excludes halogenated alkanes) is 3. The molecule has 1 heterocycles. The molecule has 0 radical (unpaired) electrons. The molecule has 0 aliphatic heterocycles. The first-order valence-corrected chi connectivity index (χ1v) is 6.89. The molecule has 0 fully saturated rings. The molecule has 0 saturated carbocycles. The Morgan fingerprint density at radius 3 is 2.68 bits per heavy atom. The van der Waals surface area contributed by atoms with Gasteiger partial charge in [0, 0.05) is 19.7 Å². The number of nitrogens with one attached hydrogen (secondary N) is 2. The van der Waals surface area contributed by atoms with Crippen LogP contribution in [0.5, 0.6) is 0 Å². The maximum absolute atomic E-state index is 13.5. The van der Waals surface area contributed by atoms with E-state index in [1.807, 2.05) is 6.92 Å². The Hall–Kier alpha value is -1.43. The van der Waals surface area contributed by atoms with Crippen molar-refractivity contribution in [1.29, 1.82) is 0 Å². The number of aliphatic hydroxyl groups is 1. The van der Waals surface area contributed by atoms with Crippen LogP contribution in [0.3, 0.4) is 0 Å². The number of hydrogen-bond donors (Lipinski definition) is 3. The molecular formula is C13H23FN4O. The lowest BCUT2D eigenvalue weighted by atomic mass is 10.2. The van der Waals surface area contributed by atoms with Crippen molar-refractivity contribution in [2.24, 2.45) is 0 Å². The van der Waals surface area contributed by atoms with Gasteiger partial charge in [0.15, 0.2) is 11.6 Å². The highest BCUT2D eigenvalue weighted by Gasteiger charge is 2.05. The number of rotatable bonds is 10. The Morgan fingerprint density at radius 1 is 1.16 bits per heavy atom. The van der Waals surface area contributed by atoms with Gasteiger partial charge < -0.3 is 15.7 Å². The number of aliphatic hydroxyl groups excluding tert-OH is 1. The molecule has 5 nitrogen and oxygen atoms in total. The molecule has 1 aromatic rings. The number of aromatic nitrogens is 2. The fourth-order valence-electron chi connectivity index (χ4n) is 1.61. The first-order chi connectivity index (χ1) is 9.27. The molecule has 6 heteroatoms. The van der Waals surface area contributed by atoms with Crippen LogP contribution in [0.25, 0.3) is 0 Å². The Labute approximate surface area is 113 Å². The highest BCUT2D eigenvalue weighted by atomic mass is 19.1. The first kappa shape index (κ1) is 15.6. The second kappa shape index (κ2) is 9.49. The van der Waals surface area contributed by atoms with Gasteiger partial charge in [0.05, 0.1) is 6.20 Å². The molecule has 1 rings (SSSR count).